The molecular weight excluding hydrogens is 332 g/mol. The maximum absolute atomic E-state index is 12.9. The maximum atomic E-state index is 12.9. The zero-order valence-corrected chi connectivity index (χ0v) is 14.7. The fraction of sp³-hybridized carbons (Fsp3) is 0.474. The number of aromatic amines is 1. The first-order valence-electron chi connectivity index (χ1n) is 9.14. The average molecular weight is 354 g/mol. The van der Waals surface area contributed by atoms with Crippen LogP contribution in [0.15, 0.2) is 40.2 Å². The highest BCUT2D eigenvalue weighted by Gasteiger charge is 2.41. The van der Waals surface area contributed by atoms with Crippen LogP contribution in [0.1, 0.15) is 54.3 Å². The van der Waals surface area contributed by atoms with Crippen LogP contribution in [0.25, 0.3) is 0 Å². The number of nitrogens with one attached hydrogen (secondary N) is 1. The smallest absolute Gasteiger partial charge is 0.273 e. The normalized spacial score (nSPS) is 24.2. The van der Waals surface area contributed by atoms with Crippen molar-refractivity contribution in [1.29, 1.82) is 0 Å². The van der Waals surface area contributed by atoms with Gasteiger partial charge in [-0.2, -0.15) is 0 Å². The van der Waals surface area contributed by atoms with Gasteiger partial charge < -0.3 is 14.5 Å². The van der Waals surface area contributed by atoms with Gasteiger partial charge in [0.05, 0.1) is 6.20 Å². The standard InChI is InChI=1S/C19H22N4O3/c1-2-4-15-12-7-13(16-5-3-6-18(25)23(15)16)11-22(10-12)19(26)14-8-21-17(24)9-20-14/h3,5-6,8-9,12-13,15H,2,4,7,10-11H2,1H3,(H,21,24)/t12-,13+,15-/m0/s1. The predicted octanol–water partition coefficient (Wildman–Crippen LogP) is 1.53. The van der Waals surface area contributed by atoms with Crippen LogP contribution >= 0.6 is 0 Å². The van der Waals surface area contributed by atoms with Crippen LogP contribution in [0.5, 0.6) is 0 Å². The minimum Gasteiger partial charge on any atom is -0.336 e. The van der Waals surface area contributed by atoms with E-state index in [-0.39, 0.29) is 40.6 Å². The lowest BCUT2D eigenvalue weighted by Crippen LogP contribution is -2.51. The highest BCUT2D eigenvalue weighted by atomic mass is 16.2. The third kappa shape index (κ3) is 2.77. The lowest BCUT2D eigenvalue weighted by Gasteiger charge is -2.47. The molecule has 0 aromatic carbocycles. The molecule has 3 atom stereocenters. The second-order valence-corrected chi connectivity index (χ2v) is 7.21. The molecule has 136 valence electrons. The topological polar surface area (TPSA) is 88.1 Å². The fourth-order valence-electron chi connectivity index (χ4n) is 4.49. The molecule has 2 aromatic rings. The molecule has 0 radical (unpaired) electrons. The van der Waals surface area contributed by atoms with Gasteiger partial charge in [-0.3, -0.25) is 14.4 Å². The van der Waals surface area contributed by atoms with Gasteiger partial charge in [0.15, 0.2) is 0 Å². The SMILES string of the molecule is CCC[C@H]1[C@H]2C[C@H](CN(C(=O)c3c[nH]c(=O)cn3)C2)c2cccc(=O)n21. The average Bonchev–Trinajstić information content (AvgIpc) is 2.65. The molecule has 2 aliphatic rings. The summed E-state index contributed by atoms with van der Waals surface area (Å²) >= 11 is 0. The Morgan fingerprint density at radius 3 is 2.88 bits per heavy atom. The van der Waals surface area contributed by atoms with Gasteiger partial charge in [0, 0.05) is 43.0 Å². The number of hydrogen-bond acceptors (Lipinski definition) is 4. The number of piperidine rings is 1. The first kappa shape index (κ1) is 16.8. The molecule has 0 aliphatic carbocycles. The molecule has 4 heterocycles. The van der Waals surface area contributed by atoms with Gasteiger partial charge >= 0.3 is 0 Å². The number of fused-ring (bicyclic) bond motifs is 4. The highest BCUT2D eigenvalue weighted by Crippen LogP contribution is 2.42. The van der Waals surface area contributed by atoms with Crippen molar-refractivity contribution in [3.8, 4) is 0 Å². The summed E-state index contributed by atoms with van der Waals surface area (Å²) in [6, 6.07) is 5.57. The third-order valence-electron chi connectivity index (χ3n) is 5.56. The van der Waals surface area contributed by atoms with E-state index in [2.05, 4.69) is 16.9 Å². The molecule has 2 aromatic heterocycles. The van der Waals surface area contributed by atoms with Crippen molar-refractivity contribution in [3.63, 3.8) is 0 Å². The molecule has 1 amide bonds. The summed E-state index contributed by atoms with van der Waals surface area (Å²) < 4.78 is 1.96. The Hall–Kier alpha value is -2.70. The Balaban J connectivity index is 1.69. The van der Waals surface area contributed by atoms with Crippen molar-refractivity contribution < 1.29 is 4.79 Å². The highest BCUT2D eigenvalue weighted by molar-refractivity contribution is 5.92. The Labute approximate surface area is 150 Å². The van der Waals surface area contributed by atoms with E-state index >= 15 is 0 Å². The Morgan fingerprint density at radius 2 is 2.15 bits per heavy atom. The van der Waals surface area contributed by atoms with E-state index in [0.29, 0.717) is 13.1 Å². The minimum atomic E-state index is -0.326. The van der Waals surface area contributed by atoms with Crippen LogP contribution in [-0.4, -0.2) is 38.4 Å². The third-order valence-corrected chi connectivity index (χ3v) is 5.56. The first-order valence-corrected chi connectivity index (χ1v) is 9.14. The zero-order chi connectivity index (χ0) is 18.3. The number of amides is 1. The van der Waals surface area contributed by atoms with Gasteiger partial charge in [-0.25, -0.2) is 4.98 Å². The molecular formula is C19H22N4O3. The summed E-state index contributed by atoms with van der Waals surface area (Å²) in [7, 11) is 0. The monoisotopic (exact) mass is 354 g/mol. The molecule has 0 spiro atoms. The Morgan fingerprint density at radius 1 is 1.31 bits per heavy atom. The molecule has 1 fully saturated rings. The van der Waals surface area contributed by atoms with Crippen LogP contribution in [0.2, 0.25) is 0 Å². The summed E-state index contributed by atoms with van der Waals surface area (Å²) in [5.74, 6) is 0.244. The second-order valence-electron chi connectivity index (χ2n) is 7.21. The van der Waals surface area contributed by atoms with Crippen molar-refractivity contribution in [2.24, 2.45) is 5.92 Å². The van der Waals surface area contributed by atoms with E-state index in [1.165, 1.54) is 6.20 Å². The van der Waals surface area contributed by atoms with Gasteiger partial charge in [-0.15, -0.1) is 0 Å². The molecule has 1 saturated heterocycles. The zero-order valence-electron chi connectivity index (χ0n) is 14.7. The Kier molecular flexibility index (Phi) is 4.22. The number of carbonyl (C=O) groups is 1. The predicted molar refractivity (Wildman–Crippen MR) is 96.3 cm³/mol. The van der Waals surface area contributed by atoms with Crippen molar-refractivity contribution in [2.75, 3.05) is 13.1 Å². The molecule has 2 bridgehead atoms. The van der Waals surface area contributed by atoms with Crippen molar-refractivity contribution >= 4 is 5.91 Å². The molecule has 1 N–H and O–H groups in total. The fourth-order valence-corrected chi connectivity index (χ4v) is 4.49. The van der Waals surface area contributed by atoms with Gasteiger partial charge in [0.2, 0.25) is 0 Å². The molecule has 0 saturated carbocycles. The number of rotatable bonds is 3. The van der Waals surface area contributed by atoms with Crippen molar-refractivity contribution in [2.45, 2.75) is 38.1 Å². The van der Waals surface area contributed by atoms with Crippen molar-refractivity contribution in [3.05, 3.63) is 62.7 Å². The molecule has 7 heteroatoms. The Bertz CT molecular complexity index is 928. The van der Waals surface area contributed by atoms with Crippen LogP contribution in [0, 0.1) is 5.92 Å². The molecule has 4 rings (SSSR count). The van der Waals surface area contributed by atoms with Gasteiger partial charge in [0.25, 0.3) is 17.0 Å². The van der Waals surface area contributed by atoms with E-state index in [4.69, 9.17) is 0 Å². The quantitative estimate of drug-likeness (QED) is 0.905. The van der Waals surface area contributed by atoms with Crippen LogP contribution < -0.4 is 11.1 Å². The molecule has 7 nitrogen and oxygen atoms in total. The number of carbonyl (C=O) groups excluding carboxylic acids is 1. The molecule has 26 heavy (non-hydrogen) atoms. The number of likely N-dealkylation sites (tertiary alicyclic amines) is 1. The van der Waals surface area contributed by atoms with E-state index in [1.54, 1.807) is 6.07 Å². The summed E-state index contributed by atoms with van der Waals surface area (Å²) in [4.78, 5) is 44.8. The van der Waals surface area contributed by atoms with E-state index in [1.807, 2.05) is 21.6 Å². The summed E-state index contributed by atoms with van der Waals surface area (Å²) in [5, 5.41) is 0. The molecule has 2 aliphatic heterocycles. The number of pyridine rings is 1. The second kappa shape index (κ2) is 6.55. The lowest BCUT2D eigenvalue weighted by molar-refractivity contribution is 0.0513. The summed E-state index contributed by atoms with van der Waals surface area (Å²) in [5.41, 5.74) is 1.01. The summed E-state index contributed by atoms with van der Waals surface area (Å²) in [6.07, 6.45) is 5.41. The van der Waals surface area contributed by atoms with E-state index < -0.39 is 0 Å². The van der Waals surface area contributed by atoms with Gasteiger partial charge in [0.1, 0.15) is 5.69 Å². The van der Waals surface area contributed by atoms with E-state index in [0.717, 1.165) is 31.2 Å². The van der Waals surface area contributed by atoms with E-state index in [9.17, 15) is 14.4 Å². The number of nitrogens with zero attached hydrogens (tertiary/aromatic N) is 3. The van der Waals surface area contributed by atoms with Gasteiger partial charge in [-0.05, 0) is 24.8 Å². The van der Waals surface area contributed by atoms with Gasteiger partial charge in [-0.1, -0.05) is 19.4 Å². The first-order chi connectivity index (χ1) is 12.6. The lowest BCUT2D eigenvalue weighted by atomic mass is 9.77. The van der Waals surface area contributed by atoms with Crippen LogP contribution in [-0.2, 0) is 0 Å². The molecule has 0 unspecified atom stereocenters. The van der Waals surface area contributed by atoms with Crippen LogP contribution in [0.3, 0.4) is 0 Å². The van der Waals surface area contributed by atoms with Crippen LogP contribution in [0.4, 0.5) is 0 Å². The number of aromatic nitrogens is 3. The maximum Gasteiger partial charge on any atom is 0.273 e. The van der Waals surface area contributed by atoms with Crippen molar-refractivity contribution in [1.82, 2.24) is 19.4 Å². The largest absolute Gasteiger partial charge is 0.336 e. The number of H-pyrrole nitrogens is 1. The minimum absolute atomic E-state index is 0.0535. The summed E-state index contributed by atoms with van der Waals surface area (Å²) in [6.45, 7) is 3.30. The number of hydrogen-bond donors (Lipinski definition) is 1.